The monoisotopic (exact) mass is 399 g/mol. The molecular weight excluding hydrogens is 378 g/mol. The van der Waals surface area contributed by atoms with Gasteiger partial charge in [-0.25, -0.2) is 0 Å². The molecule has 0 N–H and O–H groups in total. The minimum Gasteiger partial charge on any atom is -0.360 e. The third-order valence-corrected chi connectivity index (χ3v) is 5.59. The summed E-state index contributed by atoms with van der Waals surface area (Å²) in [6.45, 7) is 2.93. The van der Waals surface area contributed by atoms with Crippen molar-refractivity contribution in [2.45, 2.75) is 19.9 Å². The Bertz CT molecular complexity index is 1220. The van der Waals surface area contributed by atoms with Crippen LogP contribution in [0.1, 0.15) is 17.0 Å². The average molecular weight is 399 g/mol. The standard InChI is InChI=1S/C23H21N5O2/c1-15-23-20-8-5-17(18-13-24-27(2)14-18)11-21(20)28(10-9-22(23)30-26-15)19-6-3-16(4-7-19)12-25-29/h3-8,11,13-14H,9-10,12H2,1-2H3. The fraction of sp³-hybridized carbons (Fsp3) is 0.217. The van der Waals surface area contributed by atoms with Crippen LogP contribution in [0.4, 0.5) is 11.4 Å². The number of rotatable bonds is 4. The number of hydrogen-bond donors (Lipinski definition) is 0. The highest BCUT2D eigenvalue weighted by Crippen LogP contribution is 2.43. The molecule has 0 atom stereocenters. The van der Waals surface area contributed by atoms with E-state index in [2.05, 4.69) is 38.5 Å². The largest absolute Gasteiger partial charge is 0.360 e. The van der Waals surface area contributed by atoms with Crippen LogP contribution in [0, 0.1) is 11.8 Å². The zero-order chi connectivity index (χ0) is 20.7. The van der Waals surface area contributed by atoms with Crippen molar-refractivity contribution in [1.82, 2.24) is 14.9 Å². The SMILES string of the molecule is Cc1noc2c1-c1ccc(-c3cnn(C)c3)cc1N(c1ccc(CN=O)cc1)CC2. The molecule has 0 saturated heterocycles. The van der Waals surface area contributed by atoms with Crippen molar-refractivity contribution in [3.63, 3.8) is 0 Å². The zero-order valence-electron chi connectivity index (χ0n) is 16.9. The van der Waals surface area contributed by atoms with Crippen LogP contribution in [0.5, 0.6) is 0 Å². The molecule has 7 heteroatoms. The lowest BCUT2D eigenvalue weighted by Crippen LogP contribution is -2.19. The van der Waals surface area contributed by atoms with Gasteiger partial charge in [-0.05, 0) is 36.2 Å². The van der Waals surface area contributed by atoms with E-state index in [1.165, 1.54) is 0 Å². The molecule has 2 aromatic carbocycles. The number of nitrogens with zero attached hydrogens (tertiary/aromatic N) is 5. The summed E-state index contributed by atoms with van der Waals surface area (Å²) in [4.78, 5) is 12.9. The van der Waals surface area contributed by atoms with Crippen LogP contribution in [-0.4, -0.2) is 21.5 Å². The second-order valence-electron chi connectivity index (χ2n) is 7.56. The molecule has 4 aromatic rings. The van der Waals surface area contributed by atoms with Crippen molar-refractivity contribution in [3.05, 3.63) is 76.8 Å². The zero-order valence-corrected chi connectivity index (χ0v) is 16.9. The molecule has 0 aliphatic carbocycles. The van der Waals surface area contributed by atoms with Crippen molar-refractivity contribution in [2.24, 2.45) is 12.2 Å². The summed E-state index contributed by atoms with van der Waals surface area (Å²) in [5.74, 6) is 0.909. The van der Waals surface area contributed by atoms with Gasteiger partial charge in [0.1, 0.15) is 12.3 Å². The number of anilines is 2. The lowest BCUT2D eigenvalue weighted by atomic mass is 9.98. The topological polar surface area (TPSA) is 76.5 Å². The van der Waals surface area contributed by atoms with Crippen LogP contribution < -0.4 is 4.90 Å². The molecule has 5 rings (SSSR count). The molecule has 0 fully saturated rings. The van der Waals surface area contributed by atoms with Gasteiger partial charge in [0.15, 0.2) is 0 Å². The molecule has 3 heterocycles. The Morgan fingerprint density at radius 2 is 1.97 bits per heavy atom. The van der Waals surface area contributed by atoms with Crippen molar-refractivity contribution < 1.29 is 4.52 Å². The molecule has 0 spiro atoms. The van der Waals surface area contributed by atoms with E-state index in [-0.39, 0.29) is 6.54 Å². The Balaban J connectivity index is 1.66. The normalized spacial score (nSPS) is 12.9. The number of hydrogen-bond acceptors (Lipinski definition) is 6. The number of nitroso groups, excluding NO2 is 1. The third kappa shape index (κ3) is 3.08. The van der Waals surface area contributed by atoms with Crippen molar-refractivity contribution in [3.8, 4) is 22.3 Å². The van der Waals surface area contributed by atoms with Gasteiger partial charge in [-0.3, -0.25) is 4.68 Å². The molecule has 0 bridgehead atoms. The predicted molar refractivity (Wildman–Crippen MR) is 116 cm³/mol. The fourth-order valence-electron chi connectivity index (χ4n) is 4.11. The molecule has 0 amide bonds. The Kier molecular flexibility index (Phi) is 4.43. The molecule has 150 valence electrons. The Morgan fingerprint density at radius 1 is 1.13 bits per heavy atom. The van der Waals surface area contributed by atoms with Crippen molar-refractivity contribution in [1.29, 1.82) is 0 Å². The van der Waals surface area contributed by atoms with Gasteiger partial charge in [-0.1, -0.05) is 34.6 Å². The number of fused-ring (bicyclic) bond motifs is 3. The molecule has 0 radical (unpaired) electrons. The van der Waals surface area contributed by atoms with E-state index in [4.69, 9.17) is 4.52 Å². The average Bonchev–Trinajstić information content (AvgIpc) is 3.30. The van der Waals surface area contributed by atoms with Gasteiger partial charge in [-0.2, -0.15) is 10.0 Å². The first-order valence-corrected chi connectivity index (χ1v) is 9.88. The number of aryl methyl sites for hydroxylation is 2. The van der Waals surface area contributed by atoms with Gasteiger partial charge in [0.25, 0.3) is 0 Å². The van der Waals surface area contributed by atoms with Crippen LogP contribution in [-0.2, 0) is 20.0 Å². The minimum absolute atomic E-state index is 0.182. The predicted octanol–water partition coefficient (Wildman–Crippen LogP) is 5.01. The third-order valence-electron chi connectivity index (χ3n) is 5.59. The van der Waals surface area contributed by atoms with Crippen LogP contribution in [0.3, 0.4) is 0 Å². The first-order valence-electron chi connectivity index (χ1n) is 9.88. The van der Waals surface area contributed by atoms with Crippen LogP contribution in [0.2, 0.25) is 0 Å². The van der Waals surface area contributed by atoms with E-state index < -0.39 is 0 Å². The van der Waals surface area contributed by atoms with E-state index in [1.54, 1.807) is 4.68 Å². The molecule has 1 aliphatic heterocycles. The van der Waals surface area contributed by atoms with Gasteiger partial charge in [0, 0.05) is 54.3 Å². The second kappa shape index (κ2) is 7.26. The quantitative estimate of drug-likeness (QED) is 0.451. The molecule has 30 heavy (non-hydrogen) atoms. The second-order valence-corrected chi connectivity index (χ2v) is 7.56. The molecule has 1 aliphatic rings. The maximum absolute atomic E-state index is 10.6. The van der Waals surface area contributed by atoms with Gasteiger partial charge >= 0.3 is 0 Å². The number of benzene rings is 2. The molecular formula is C23H21N5O2. The smallest absolute Gasteiger partial charge is 0.146 e. The Morgan fingerprint density at radius 3 is 2.70 bits per heavy atom. The highest BCUT2D eigenvalue weighted by molar-refractivity contribution is 5.88. The molecule has 2 aromatic heterocycles. The molecule has 7 nitrogen and oxygen atoms in total. The highest BCUT2D eigenvalue weighted by atomic mass is 16.5. The highest BCUT2D eigenvalue weighted by Gasteiger charge is 2.26. The van der Waals surface area contributed by atoms with Gasteiger partial charge in [0.05, 0.1) is 11.9 Å². The summed E-state index contributed by atoms with van der Waals surface area (Å²) >= 11 is 0. The first kappa shape index (κ1) is 18.3. The first-order chi connectivity index (χ1) is 14.6. The summed E-state index contributed by atoms with van der Waals surface area (Å²) in [5, 5.41) is 11.5. The fourth-order valence-corrected chi connectivity index (χ4v) is 4.11. The van der Waals surface area contributed by atoms with E-state index in [9.17, 15) is 4.91 Å². The summed E-state index contributed by atoms with van der Waals surface area (Å²) < 4.78 is 7.45. The van der Waals surface area contributed by atoms with E-state index in [1.807, 2.05) is 50.6 Å². The van der Waals surface area contributed by atoms with Crippen LogP contribution in [0.25, 0.3) is 22.3 Å². The summed E-state index contributed by atoms with van der Waals surface area (Å²) in [6, 6.07) is 14.5. The van der Waals surface area contributed by atoms with Gasteiger partial charge in [0.2, 0.25) is 0 Å². The molecule has 0 saturated carbocycles. The summed E-state index contributed by atoms with van der Waals surface area (Å²) in [6.07, 6.45) is 4.64. The Labute approximate surface area is 173 Å². The number of aromatic nitrogens is 3. The van der Waals surface area contributed by atoms with Crippen molar-refractivity contribution >= 4 is 11.4 Å². The maximum atomic E-state index is 10.6. The maximum Gasteiger partial charge on any atom is 0.146 e. The van der Waals surface area contributed by atoms with Crippen LogP contribution >= 0.6 is 0 Å². The summed E-state index contributed by atoms with van der Waals surface area (Å²) in [7, 11) is 1.92. The van der Waals surface area contributed by atoms with E-state index in [0.29, 0.717) is 0 Å². The van der Waals surface area contributed by atoms with E-state index >= 15 is 0 Å². The van der Waals surface area contributed by atoms with Crippen molar-refractivity contribution in [2.75, 3.05) is 11.4 Å². The van der Waals surface area contributed by atoms with E-state index in [0.717, 1.165) is 63.6 Å². The lowest BCUT2D eigenvalue weighted by molar-refractivity contribution is 0.381. The summed E-state index contributed by atoms with van der Waals surface area (Å²) in [5.41, 5.74) is 8.31. The molecule has 0 unspecified atom stereocenters. The lowest BCUT2D eigenvalue weighted by Gasteiger charge is -2.26. The van der Waals surface area contributed by atoms with Gasteiger partial charge in [-0.15, -0.1) is 0 Å². The Hall–Kier alpha value is -3.74. The minimum atomic E-state index is 0.182. The van der Waals surface area contributed by atoms with Crippen LogP contribution in [0.15, 0.2) is 64.6 Å². The van der Waals surface area contributed by atoms with Gasteiger partial charge < -0.3 is 9.42 Å².